The van der Waals surface area contributed by atoms with Crippen molar-refractivity contribution in [1.82, 2.24) is 0 Å². The second kappa shape index (κ2) is 15.8. The van der Waals surface area contributed by atoms with E-state index in [9.17, 15) is 0 Å². The minimum atomic E-state index is -0.0400. The van der Waals surface area contributed by atoms with E-state index in [-0.39, 0.29) is 28.4 Å². The van der Waals surface area contributed by atoms with Crippen molar-refractivity contribution in [3.05, 3.63) is 173 Å². The van der Waals surface area contributed by atoms with Gasteiger partial charge in [0.2, 0.25) is 0 Å². The summed E-state index contributed by atoms with van der Waals surface area (Å²) in [6.45, 7) is 28.1. The molecule has 68 heavy (non-hydrogen) atoms. The Balaban J connectivity index is 1.28. The Kier molecular flexibility index (Phi) is 10.3. The molecule has 0 saturated heterocycles. The maximum atomic E-state index is 2.77. The SMILES string of the molecule is CC(C)(C)c1ccc(N2c3ccc(C(C)(C)C)cc3B3c4cc(C(C)(C)C)ccc4N(c4ccc(C(C)(C)C)cc4-c4ccccc4)c4cc(N5c6ccccc6C6CCCCC65)cc2c43)cc1. The van der Waals surface area contributed by atoms with Crippen LogP contribution in [0.2, 0.25) is 0 Å². The molecule has 4 heteroatoms. The molecule has 1 saturated carbocycles. The zero-order valence-corrected chi connectivity index (χ0v) is 42.8. The van der Waals surface area contributed by atoms with Crippen molar-refractivity contribution in [1.29, 1.82) is 0 Å². The van der Waals surface area contributed by atoms with Crippen LogP contribution in [0.4, 0.5) is 45.5 Å². The number of anilines is 8. The summed E-state index contributed by atoms with van der Waals surface area (Å²) in [4.78, 5) is 8.07. The van der Waals surface area contributed by atoms with Gasteiger partial charge in [-0.05, 0) is 139 Å². The summed E-state index contributed by atoms with van der Waals surface area (Å²) >= 11 is 0. The summed E-state index contributed by atoms with van der Waals surface area (Å²) in [5, 5.41) is 0. The highest BCUT2D eigenvalue weighted by molar-refractivity contribution is 7.00. The van der Waals surface area contributed by atoms with Crippen LogP contribution in [0.1, 0.15) is 143 Å². The smallest absolute Gasteiger partial charge is 0.252 e. The van der Waals surface area contributed by atoms with Crippen molar-refractivity contribution in [3.8, 4) is 11.1 Å². The molecule has 7 aromatic rings. The van der Waals surface area contributed by atoms with Crippen molar-refractivity contribution in [2.75, 3.05) is 14.7 Å². The lowest BCUT2D eigenvalue weighted by Crippen LogP contribution is -2.61. The molecule has 0 N–H and O–H groups in total. The highest BCUT2D eigenvalue weighted by atomic mass is 15.2. The molecule has 3 heterocycles. The monoisotopic (exact) mass is 892 g/mol. The number of para-hydroxylation sites is 1. The zero-order chi connectivity index (χ0) is 47.7. The summed E-state index contributed by atoms with van der Waals surface area (Å²) in [6, 6.07) is 57.7. The largest absolute Gasteiger partial charge is 0.337 e. The molecule has 2 unspecified atom stereocenters. The van der Waals surface area contributed by atoms with Crippen LogP contribution in [-0.4, -0.2) is 12.8 Å². The van der Waals surface area contributed by atoms with Crippen molar-refractivity contribution in [2.45, 2.75) is 142 Å². The summed E-state index contributed by atoms with van der Waals surface area (Å²) in [5.74, 6) is 0.528. The van der Waals surface area contributed by atoms with E-state index in [1.54, 1.807) is 0 Å². The van der Waals surface area contributed by atoms with Crippen molar-refractivity contribution < 1.29 is 0 Å². The van der Waals surface area contributed by atoms with E-state index in [4.69, 9.17) is 0 Å². The highest BCUT2D eigenvalue weighted by Gasteiger charge is 2.47. The van der Waals surface area contributed by atoms with Gasteiger partial charge in [-0.25, -0.2) is 0 Å². The average molecular weight is 892 g/mol. The van der Waals surface area contributed by atoms with Crippen LogP contribution in [0.5, 0.6) is 0 Å². The van der Waals surface area contributed by atoms with Gasteiger partial charge in [0.25, 0.3) is 6.71 Å². The molecule has 344 valence electrons. The number of benzene rings is 7. The standard InChI is InChI=1S/C64H70BN3/c1-61(2,3)42-26-31-46(32-27-42)66-56-34-29-44(63(7,8)9)37-51(56)65-52-38-45(64(10,11)12)30-35-57(52)68(55-33-28-43(62(4,5)6)36-50(55)41-20-14-13-15-21-41)59-40-47(39-58(66)60(59)65)67-53-24-18-16-22-48(53)49-23-17-19-25-54(49)67/h13-16,18,20-22,24,26-40,49,54H,17,19,23,25H2,1-12H3. The van der Waals surface area contributed by atoms with Crippen molar-refractivity contribution in [2.24, 2.45) is 0 Å². The molecule has 1 aliphatic carbocycles. The number of hydrogen-bond acceptors (Lipinski definition) is 3. The van der Waals surface area contributed by atoms with Crippen molar-refractivity contribution >= 4 is 68.6 Å². The quantitative estimate of drug-likeness (QED) is 0.163. The molecule has 4 aliphatic rings. The van der Waals surface area contributed by atoms with Crippen LogP contribution >= 0.6 is 0 Å². The lowest BCUT2D eigenvalue weighted by atomic mass is 9.33. The van der Waals surface area contributed by atoms with E-state index in [0.717, 1.165) is 0 Å². The molecule has 11 rings (SSSR count). The molecule has 0 radical (unpaired) electrons. The average Bonchev–Trinajstić information content (AvgIpc) is 3.64. The van der Waals surface area contributed by atoms with Gasteiger partial charge in [-0.1, -0.05) is 187 Å². The van der Waals surface area contributed by atoms with E-state index < -0.39 is 0 Å². The summed E-state index contributed by atoms with van der Waals surface area (Å²) in [5.41, 5.74) is 23.5. The first-order chi connectivity index (χ1) is 32.3. The van der Waals surface area contributed by atoms with Gasteiger partial charge in [-0.15, -0.1) is 0 Å². The van der Waals surface area contributed by atoms with Crippen LogP contribution in [0.25, 0.3) is 11.1 Å². The van der Waals surface area contributed by atoms with E-state index in [0.29, 0.717) is 12.0 Å². The van der Waals surface area contributed by atoms with Crippen molar-refractivity contribution in [3.63, 3.8) is 0 Å². The van der Waals surface area contributed by atoms with Gasteiger partial charge in [0.1, 0.15) is 0 Å². The van der Waals surface area contributed by atoms with Gasteiger partial charge in [-0.3, -0.25) is 0 Å². The topological polar surface area (TPSA) is 9.72 Å². The molecule has 3 nitrogen and oxygen atoms in total. The maximum Gasteiger partial charge on any atom is 0.252 e. The minimum Gasteiger partial charge on any atom is -0.337 e. The molecular formula is C64H70BN3. The second-order valence-electron chi connectivity index (χ2n) is 24.6. The van der Waals surface area contributed by atoms with Crippen LogP contribution in [0, 0.1) is 0 Å². The Morgan fingerprint density at radius 1 is 0.412 bits per heavy atom. The van der Waals surface area contributed by atoms with Crippen LogP contribution in [0.3, 0.4) is 0 Å². The van der Waals surface area contributed by atoms with Crippen LogP contribution < -0.4 is 31.1 Å². The lowest BCUT2D eigenvalue weighted by Gasteiger charge is -2.46. The van der Waals surface area contributed by atoms with Gasteiger partial charge in [0.05, 0.1) is 5.69 Å². The number of fused-ring (bicyclic) bond motifs is 7. The van der Waals surface area contributed by atoms with Crippen LogP contribution in [-0.2, 0) is 21.7 Å². The summed E-state index contributed by atoms with van der Waals surface area (Å²) in [6.07, 6.45) is 4.99. The Labute approximate surface area is 408 Å². The molecule has 7 aromatic carbocycles. The molecule has 0 amide bonds. The maximum absolute atomic E-state index is 2.77. The molecular weight excluding hydrogens is 822 g/mol. The fourth-order valence-electron chi connectivity index (χ4n) is 12.1. The van der Waals surface area contributed by atoms with Gasteiger partial charge in [0, 0.05) is 57.3 Å². The van der Waals surface area contributed by atoms with Gasteiger partial charge < -0.3 is 14.7 Å². The molecule has 2 atom stereocenters. The molecule has 3 aliphatic heterocycles. The molecule has 0 aromatic heterocycles. The third kappa shape index (κ3) is 7.31. The number of nitrogens with zero attached hydrogens (tertiary/aromatic N) is 3. The predicted molar refractivity (Wildman–Crippen MR) is 294 cm³/mol. The lowest BCUT2D eigenvalue weighted by molar-refractivity contribution is 0.402. The van der Waals surface area contributed by atoms with Gasteiger partial charge >= 0.3 is 0 Å². The van der Waals surface area contributed by atoms with E-state index in [1.165, 1.54) is 127 Å². The first-order valence-corrected chi connectivity index (χ1v) is 25.5. The third-order valence-electron chi connectivity index (χ3n) is 15.9. The zero-order valence-electron chi connectivity index (χ0n) is 42.8. The summed E-state index contributed by atoms with van der Waals surface area (Å²) < 4.78 is 0. The van der Waals surface area contributed by atoms with Crippen LogP contribution in [0.15, 0.2) is 146 Å². The highest BCUT2D eigenvalue weighted by Crippen LogP contribution is 2.55. The number of rotatable bonds is 4. The fourth-order valence-corrected chi connectivity index (χ4v) is 12.1. The molecule has 0 spiro atoms. The fraction of sp³-hybridized carbons (Fsp3) is 0.344. The Morgan fingerprint density at radius 3 is 1.51 bits per heavy atom. The molecule has 1 fully saturated rings. The first-order valence-electron chi connectivity index (χ1n) is 25.5. The Morgan fingerprint density at radius 2 is 0.912 bits per heavy atom. The normalized spacial score (nSPS) is 17.6. The van der Waals surface area contributed by atoms with Gasteiger partial charge in [-0.2, -0.15) is 0 Å². The number of hydrogen-bond donors (Lipinski definition) is 0. The Bertz CT molecular complexity index is 3080. The summed E-state index contributed by atoms with van der Waals surface area (Å²) in [7, 11) is 0. The Hall–Kier alpha value is -6.00. The second-order valence-corrected chi connectivity index (χ2v) is 24.6. The van der Waals surface area contributed by atoms with Gasteiger partial charge in [0.15, 0.2) is 0 Å². The van der Waals surface area contributed by atoms with E-state index in [1.807, 2.05) is 0 Å². The molecule has 0 bridgehead atoms. The third-order valence-corrected chi connectivity index (χ3v) is 15.9. The first kappa shape index (κ1) is 44.5. The van der Waals surface area contributed by atoms with E-state index >= 15 is 0 Å². The minimum absolute atomic E-state index is 0.00677. The predicted octanol–water partition coefficient (Wildman–Crippen LogP) is 15.8. The van der Waals surface area contributed by atoms with E-state index in [2.05, 4.69) is 243 Å².